The molecule has 1 aromatic rings. The Morgan fingerprint density at radius 3 is 2.73 bits per heavy atom. The minimum Gasteiger partial charge on any atom is -0.481 e. The zero-order valence-corrected chi connectivity index (χ0v) is 8.38. The number of hydrogen-bond acceptors (Lipinski definition) is 5. The second-order valence-electron chi connectivity index (χ2n) is 3.01. The minimum absolute atomic E-state index is 0.0441. The number of carboxylic acids is 1. The summed E-state index contributed by atoms with van der Waals surface area (Å²) in [6.07, 6.45) is 2.89. The van der Waals surface area contributed by atoms with E-state index in [0.717, 1.165) is 0 Å². The zero-order chi connectivity index (χ0) is 11.3. The second kappa shape index (κ2) is 5.26. The third-order valence-electron chi connectivity index (χ3n) is 1.98. The van der Waals surface area contributed by atoms with Crippen LogP contribution in [0.15, 0.2) is 12.4 Å². The molecule has 0 aliphatic rings. The van der Waals surface area contributed by atoms with Gasteiger partial charge in [0.15, 0.2) is 0 Å². The number of methoxy groups -OCH3 is 1. The topological polar surface area (TPSA) is 98.3 Å². The predicted molar refractivity (Wildman–Crippen MR) is 52.6 cm³/mol. The van der Waals surface area contributed by atoms with Crippen LogP contribution in [0.3, 0.4) is 0 Å². The summed E-state index contributed by atoms with van der Waals surface area (Å²) in [6, 6.07) is 0. The number of aliphatic carboxylic acids is 1. The van der Waals surface area contributed by atoms with Crippen LogP contribution in [0.4, 0.5) is 0 Å². The first kappa shape index (κ1) is 11.4. The molecule has 0 radical (unpaired) electrons. The maximum atomic E-state index is 10.5. The van der Waals surface area contributed by atoms with Crippen molar-refractivity contribution in [3.05, 3.63) is 18.1 Å². The fraction of sp³-hybridized carbons (Fsp3) is 0.444. The summed E-state index contributed by atoms with van der Waals surface area (Å²) in [5, 5.41) is 8.65. The Balaban J connectivity index is 2.78. The molecule has 0 fully saturated rings. The molecule has 6 nitrogen and oxygen atoms in total. The van der Waals surface area contributed by atoms with Crippen molar-refractivity contribution in [1.29, 1.82) is 0 Å². The number of rotatable bonds is 5. The number of ether oxygens (including phenoxy) is 1. The van der Waals surface area contributed by atoms with Crippen molar-refractivity contribution in [2.75, 3.05) is 13.7 Å². The maximum absolute atomic E-state index is 10.5. The van der Waals surface area contributed by atoms with E-state index in [1.54, 1.807) is 0 Å². The van der Waals surface area contributed by atoms with E-state index in [-0.39, 0.29) is 18.9 Å². The van der Waals surface area contributed by atoms with E-state index in [1.165, 1.54) is 19.5 Å². The number of nitrogens with zero attached hydrogens (tertiary/aromatic N) is 2. The summed E-state index contributed by atoms with van der Waals surface area (Å²) in [5.41, 5.74) is 6.03. The Labute approximate surface area is 87.1 Å². The molecule has 6 heteroatoms. The fourth-order valence-corrected chi connectivity index (χ4v) is 1.16. The minimum atomic E-state index is -0.900. The van der Waals surface area contributed by atoms with Crippen LogP contribution >= 0.6 is 0 Å². The number of hydrogen-bond donors (Lipinski definition) is 2. The number of aromatic nitrogens is 2. The Morgan fingerprint density at radius 2 is 2.33 bits per heavy atom. The first-order valence-corrected chi connectivity index (χ1v) is 4.45. The second-order valence-corrected chi connectivity index (χ2v) is 3.01. The smallest absolute Gasteiger partial charge is 0.304 e. The van der Waals surface area contributed by atoms with Crippen molar-refractivity contribution in [2.45, 2.75) is 12.3 Å². The molecule has 1 heterocycles. The van der Waals surface area contributed by atoms with E-state index >= 15 is 0 Å². The van der Waals surface area contributed by atoms with Gasteiger partial charge in [-0.05, 0) is 0 Å². The van der Waals surface area contributed by atoms with Crippen molar-refractivity contribution in [3.63, 3.8) is 0 Å². The molecular weight excluding hydrogens is 198 g/mol. The van der Waals surface area contributed by atoms with Gasteiger partial charge in [0.25, 0.3) is 0 Å². The molecule has 0 saturated heterocycles. The Kier molecular flexibility index (Phi) is 3.99. The molecule has 0 bridgehead atoms. The molecule has 0 spiro atoms. The molecule has 1 rings (SSSR count). The molecule has 1 atom stereocenters. The lowest BCUT2D eigenvalue weighted by atomic mass is 10.0. The monoisotopic (exact) mass is 211 g/mol. The molecule has 0 saturated carbocycles. The predicted octanol–water partition coefficient (Wildman–Crippen LogP) is 0.00220. The van der Waals surface area contributed by atoms with Crippen molar-refractivity contribution >= 4 is 5.97 Å². The van der Waals surface area contributed by atoms with Crippen LogP contribution in [0.1, 0.15) is 18.0 Å². The van der Waals surface area contributed by atoms with E-state index in [0.29, 0.717) is 11.6 Å². The fourth-order valence-electron chi connectivity index (χ4n) is 1.16. The summed E-state index contributed by atoms with van der Waals surface area (Å²) >= 11 is 0. The summed E-state index contributed by atoms with van der Waals surface area (Å²) in [6.45, 7) is 0.229. The van der Waals surface area contributed by atoms with E-state index in [4.69, 9.17) is 15.6 Å². The molecular formula is C9H13N3O3. The zero-order valence-electron chi connectivity index (χ0n) is 8.38. The van der Waals surface area contributed by atoms with Crippen molar-refractivity contribution in [3.8, 4) is 5.88 Å². The third-order valence-corrected chi connectivity index (χ3v) is 1.98. The standard InChI is InChI=1S/C9H13N3O3/c1-15-8-5-11-7(4-12-8)6(3-10)2-9(13)14/h4-6H,2-3,10H2,1H3,(H,13,14). The average Bonchev–Trinajstić information content (AvgIpc) is 2.26. The SMILES string of the molecule is COc1cnc(C(CN)CC(=O)O)cn1. The van der Waals surface area contributed by atoms with Gasteiger partial charge in [-0.2, -0.15) is 0 Å². The quantitative estimate of drug-likeness (QED) is 0.711. The van der Waals surface area contributed by atoms with Crippen LogP contribution in [-0.2, 0) is 4.79 Å². The molecule has 82 valence electrons. The highest BCUT2D eigenvalue weighted by Crippen LogP contribution is 2.16. The Bertz CT molecular complexity index is 326. The largest absolute Gasteiger partial charge is 0.481 e. The van der Waals surface area contributed by atoms with Gasteiger partial charge in [0.05, 0.1) is 31.6 Å². The van der Waals surface area contributed by atoms with Crippen LogP contribution in [0.2, 0.25) is 0 Å². The van der Waals surface area contributed by atoms with Crippen molar-refractivity contribution < 1.29 is 14.6 Å². The normalized spacial score (nSPS) is 12.1. The van der Waals surface area contributed by atoms with Gasteiger partial charge in [0.2, 0.25) is 5.88 Å². The van der Waals surface area contributed by atoms with Crippen LogP contribution in [0.5, 0.6) is 5.88 Å². The highest BCUT2D eigenvalue weighted by atomic mass is 16.5. The maximum Gasteiger partial charge on any atom is 0.304 e. The van der Waals surface area contributed by atoms with E-state index in [2.05, 4.69) is 9.97 Å². The molecule has 1 unspecified atom stereocenters. The third kappa shape index (κ3) is 3.17. The molecule has 3 N–H and O–H groups in total. The van der Waals surface area contributed by atoms with Gasteiger partial charge in [-0.15, -0.1) is 0 Å². The summed E-state index contributed by atoms with van der Waals surface area (Å²) in [7, 11) is 1.49. The van der Waals surface area contributed by atoms with Crippen LogP contribution in [0.25, 0.3) is 0 Å². The molecule has 0 aliphatic heterocycles. The summed E-state index contributed by atoms with van der Waals surface area (Å²) in [4.78, 5) is 18.5. The highest BCUT2D eigenvalue weighted by molar-refractivity contribution is 5.67. The number of carboxylic acid groups (broad SMARTS) is 1. The molecule has 0 aromatic carbocycles. The van der Waals surface area contributed by atoms with Gasteiger partial charge in [-0.25, -0.2) is 4.98 Å². The van der Waals surface area contributed by atoms with Crippen LogP contribution in [-0.4, -0.2) is 34.7 Å². The van der Waals surface area contributed by atoms with Crippen LogP contribution < -0.4 is 10.5 Å². The van der Waals surface area contributed by atoms with Gasteiger partial charge < -0.3 is 15.6 Å². The lowest BCUT2D eigenvalue weighted by Crippen LogP contribution is -2.17. The first-order chi connectivity index (χ1) is 7.17. The van der Waals surface area contributed by atoms with E-state index < -0.39 is 5.97 Å². The van der Waals surface area contributed by atoms with Gasteiger partial charge in [0, 0.05) is 12.5 Å². The Morgan fingerprint density at radius 1 is 1.60 bits per heavy atom. The van der Waals surface area contributed by atoms with E-state index in [1.807, 2.05) is 0 Å². The molecule has 1 aromatic heterocycles. The Hall–Kier alpha value is -1.69. The van der Waals surface area contributed by atoms with Gasteiger partial charge in [0.1, 0.15) is 0 Å². The molecule has 0 amide bonds. The molecule has 0 aliphatic carbocycles. The van der Waals surface area contributed by atoms with Crippen molar-refractivity contribution in [1.82, 2.24) is 9.97 Å². The molecule has 15 heavy (non-hydrogen) atoms. The van der Waals surface area contributed by atoms with Crippen LogP contribution in [0, 0.1) is 0 Å². The summed E-state index contributed by atoms with van der Waals surface area (Å²) in [5.74, 6) is -0.811. The van der Waals surface area contributed by atoms with Gasteiger partial charge in [-0.1, -0.05) is 0 Å². The van der Waals surface area contributed by atoms with E-state index in [9.17, 15) is 4.79 Å². The number of nitrogens with two attached hydrogens (primary N) is 1. The van der Waals surface area contributed by atoms with Gasteiger partial charge in [-0.3, -0.25) is 9.78 Å². The van der Waals surface area contributed by atoms with Gasteiger partial charge >= 0.3 is 5.97 Å². The lowest BCUT2D eigenvalue weighted by molar-refractivity contribution is -0.137. The highest BCUT2D eigenvalue weighted by Gasteiger charge is 2.15. The van der Waals surface area contributed by atoms with Crippen molar-refractivity contribution in [2.24, 2.45) is 5.73 Å². The summed E-state index contributed by atoms with van der Waals surface area (Å²) < 4.78 is 4.84. The average molecular weight is 211 g/mol. The number of carbonyl (C=O) groups is 1. The lowest BCUT2D eigenvalue weighted by Gasteiger charge is -2.10. The first-order valence-electron chi connectivity index (χ1n) is 4.45.